The van der Waals surface area contributed by atoms with Crippen LogP contribution < -0.4 is 18.9 Å². The summed E-state index contributed by atoms with van der Waals surface area (Å²) in [5, 5.41) is 2.02. The first-order valence-corrected chi connectivity index (χ1v) is 10.2. The smallest absolute Gasteiger partial charge is 0.271 e. The van der Waals surface area contributed by atoms with Gasteiger partial charge in [-0.15, -0.1) is 0 Å². The van der Waals surface area contributed by atoms with Crippen LogP contribution in [0, 0.1) is 6.92 Å². The molecule has 152 valence electrons. The third kappa shape index (κ3) is 4.78. The van der Waals surface area contributed by atoms with Crippen molar-refractivity contribution in [3.63, 3.8) is 0 Å². The Morgan fingerprint density at radius 1 is 0.897 bits per heavy atom. The Morgan fingerprint density at radius 3 is 2.34 bits per heavy atom. The number of benzene rings is 3. The van der Waals surface area contributed by atoms with Gasteiger partial charge in [0.2, 0.25) is 0 Å². The molecule has 0 heterocycles. The summed E-state index contributed by atoms with van der Waals surface area (Å²) >= 11 is 0. The van der Waals surface area contributed by atoms with Crippen LogP contribution in [-0.2, 0) is 14.8 Å². The summed E-state index contributed by atoms with van der Waals surface area (Å²) in [7, 11) is -1.24. The molecule has 0 aliphatic heterocycles. The highest BCUT2D eigenvalue weighted by Crippen LogP contribution is 2.29. The van der Waals surface area contributed by atoms with Crippen LogP contribution in [0.1, 0.15) is 5.56 Å². The molecule has 0 spiro atoms. The standard InChI is InChI=1S/C21H21NO6S/c1-14-4-5-15-6-7-17(11-16(15)10-14)28-13-21(23)22-29(24,25)18-8-9-19(26-2)20(12-18)27-3/h4-12H,13H2,1-3H3,(H,22,23). The van der Waals surface area contributed by atoms with Gasteiger partial charge in [0.15, 0.2) is 18.1 Å². The second-order valence-electron chi connectivity index (χ2n) is 6.35. The number of fused-ring (bicyclic) bond motifs is 1. The number of nitrogens with one attached hydrogen (secondary N) is 1. The molecule has 0 radical (unpaired) electrons. The van der Waals surface area contributed by atoms with E-state index in [-0.39, 0.29) is 10.6 Å². The van der Waals surface area contributed by atoms with Crippen molar-refractivity contribution in [2.75, 3.05) is 20.8 Å². The molecule has 8 heteroatoms. The quantitative estimate of drug-likeness (QED) is 0.638. The molecule has 0 unspecified atom stereocenters. The number of carbonyl (C=O) groups is 1. The van der Waals surface area contributed by atoms with Crippen molar-refractivity contribution in [1.82, 2.24) is 4.72 Å². The largest absolute Gasteiger partial charge is 0.493 e. The summed E-state index contributed by atoms with van der Waals surface area (Å²) in [6.07, 6.45) is 0. The molecule has 0 bridgehead atoms. The Labute approximate surface area is 169 Å². The molecule has 0 aliphatic carbocycles. The Kier molecular flexibility index (Phi) is 5.93. The van der Waals surface area contributed by atoms with Gasteiger partial charge in [-0.3, -0.25) is 4.79 Å². The van der Waals surface area contributed by atoms with Crippen LogP contribution in [0.2, 0.25) is 0 Å². The molecule has 1 amide bonds. The minimum absolute atomic E-state index is 0.121. The van der Waals surface area contributed by atoms with E-state index in [9.17, 15) is 13.2 Å². The molecular formula is C21H21NO6S. The Balaban J connectivity index is 1.68. The fourth-order valence-electron chi connectivity index (χ4n) is 2.80. The maximum Gasteiger partial charge on any atom is 0.271 e. The number of aryl methyl sites for hydroxylation is 1. The van der Waals surface area contributed by atoms with Gasteiger partial charge in [-0.05, 0) is 42.0 Å². The van der Waals surface area contributed by atoms with E-state index in [1.807, 2.05) is 35.9 Å². The van der Waals surface area contributed by atoms with Gasteiger partial charge in [-0.25, -0.2) is 13.1 Å². The number of hydrogen-bond donors (Lipinski definition) is 1. The minimum Gasteiger partial charge on any atom is -0.493 e. The Hall–Kier alpha value is -3.26. The lowest BCUT2D eigenvalue weighted by atomic mass is 10.1. The van der Waals surface area contributed by atoms with Gasteiger partial charge in [0.05, 0.1) is 19.1 Å². The van der Waals surface area contributed by atoms with E-state index in [4.69, 9.17) is 14.2 Å². The highest BCUT2D eigenvalue weighted by atomic mass is 32.2. The van der Waals surface area contributed by atoms with Crippen LogP contribution in [0.4, 0.5) is 0 Å². The number of rotatable bonds is 7. The van der Waals surface area contributed by atoms with E-state index in [0.717, 1.165) is 16.3 Å². The van der Waals surface area contributed by atoms with Gasteiger partial charge in [-0.2, -0.15) is 0 Å². The third-order valence-corrected chi connectivity index (χ3v) is 5.62. The molecule has 3 aromatic rings. The maximum atomic E-state index is 12.5. The summed E-state index contributed by atoms with van der Waals surface area (Å²) < 4.78 is 42.5. The lowest BCUT2D eigenvalue weighted by molar-refractivity contribution is -0.121. The molecule has 0 aromatic heterocycles. The lowest BCUT2D eigenvalue weighted by Crippen LogP contribution is -2.34. The van der Waals surface area contributed by atoms with Crippen LogP contribution in [0.3, 0.4) is 0 Å². The molecule has 0 saturated carbocycles. The molecule has 7 nitrogen and oxygen atoms in total. The van der Waals surface area contributed by atoms with Crippen molar-refractivity contribution in [3.8, 4) is 17.2 Å². The molecule has 0 aliphatic rings. The summed E-state index contributed by atoms with van der Waals surface area (Å²) in [6.45, 7) is 1.54. The van der Waals surface area contributed by atoms with Crippen molar-refractivity contribution in [2.24, 2.45) is 0 Å². The van der Waals surface area contributed by atoms with Gasteiger partial charge < -0.3 is 14.2 Å². The summed E-state index contributed by atoms with van der Waals surface area (Å²) in [6, 6.07) is 15.5. The molecule has 1 N–H and O–H groups in total. The summed E-state index contributed by atoms with van der Waals surface area (Å²) in [5.74, 6) is 0.309. The van der Waals surface area contributed by atoms with Crippen LogP contribution in [-0.4, -0.2) is 35.2 Å². The molecule has 0 saturated heterocycles. The van der Waals surface area contributed by atoms with E-state index in [1.54, 1.807) is 12.1 Å². The van der Waals surface area contributed by atoms with Crippen molar-refractivity contribution in [3.05, 3.63) is 60.2 Å². The predicted molar refractivity (Wildman–Crippen MR) is 109 cm³/mol. The van der Waals surface area contributed by atoms with E-state index < -0.39 is 22.5 Å². The molecule has 3 aromatic carbocycles. The molecule has 0 fully saturated rings. The molecular weight excluding hydrogens is 394 g/mol. The fourth-order valence-corrected chi connectivity index (χ4v) is 3.79. The normalized spacial score (nSPS) is 11.1. The van der Waals surface area contributed by atoms with Gasteiger partial charge >= 0.3 is 0 Å². The number of ether oxygens (including phenoxy) is 3. The van der Waals surface area contributed by atoms with Gasteiger partial charge in [-0.1, -0.05) is 29.8 Å². The van der Waals surface area contributed by atoms with Crippen molar-refractivity contribution in [2.45, 2.75) is 11.8 Å². The second-order valence-corrected chi connectivity index (χ2v) is 8.03. The Bertz CT molecular complexity index is 1160. The summed E-state index contributed by atoms with van der Waals surface area (Å²) in [4.78, 5) is 12.0. The van der Waals surface area contributed by atoms with Crippen LogP contribution in [0.15, 0.2) is 59.5 Å². The van der Waals surface area contributed by atoms with E-state index in [2.05, 4.69) is 0 Å². The Morgan fingerprint density at radius 2 is 1.62 bits per heavy atom. The maximum absolute atomic E-state index is 12.5. The lowest BCUT2D eigenvalue weighted by Gasteiger charge is -2.11. The first-order chi connectivity index (χ1) is 13.8. The topological polar surface area (TPSA) is 90.9 Å². The second kappa shape index (κ2) is 8.40. The monoisotopic (exact) mass is 415 g/mol. The van der Waals surface area contributed by atoms with E-state index >= 15 is 0 Å². The zero-order chi connectivity index (χ0) is 21.0. The molecule has 29 heavy (non-hydrogen) atoms. The van der Waals surface area contributed by atoms with E-state index in [0.29, 0.717) is 11.5 Å². The van der Waals surface area contributed by atoms with Gasteiger partial charge in [0.1, 0.15) is 5.75 Å². The van der Waals surface area contributed by atoms with Crippen LogP contribution in [0.5, 0.6) is 17.2 Å². The zero-order valence-electron chi connectivity index (χ0n) is 16.3. The highest BCUT2D eigenvalue weighted by Gasteiger charge is 2.20. The summed E-state index contributed by atoms with van der Waals surface area (Å²) in [5.41, 5.74) is 1.11. The minimum atomic E-state index is -4.08. The van der Waals surface area contributed by atoms with Crippen molar-refractivity contribution in [1.29, 1.82) is 0 Å². The number of sulfonamides is 1. The average Bonchev–Trinajstić information content (AvgIpc) is 2.71. The number of amides is 1. The highest BCUT2D eigenvalue weighted by molar-refractivity contribution is 7.90. The van der Waals surface area contributed by atoms with E-state index in [1.165, 1.54) is 32.4 Å². The number of hydrogen-bond acceptors (Lipinski definition) is 6. The van der Waals surface area contributed by atoms with Crippen molar-refractivity contribution < 1.29 is 27.4 Å². The number of carbonyl (C=O) groups excluding carboxylic acids is 1. The van der Waals surface area contributed by atoms with Crippen LogP contribution in [0.25, 0.3) is 10.8 Å². The van der Waals surface area contributed by atoms with Crippen LogP contribution >= 0.6 is 0 Å². The first-order valence-electron chi connectivity index (χ1n) is 8.73. The van der Waals surface area contributed by atoms with Crippen molar-refractivity contribution >= 4 is 26.7 Å². The van der Waals surface area contributed by atoms with Gasteiger partial charge in [0.25, 0.3) is 15.9 Å². The first kappa shape index (κ1) is 20.5. The predicted octanol–water partition coefficient (Wildman–Crippen LogP) is 3.05. The number of methoxy groups -OCH3 is 2. The SMILES string of the molecule is COc1ccc(S(=O)(=O)NC(=O)COc2ccc3ccc(C)cc3c2)cc1OC. The fraction of sp³-hybridized carbons (Fsp3) is 0.190. The molecule has 0 atom stereocenters. The zero-order valence-corrected chi connectivity index (χ0v) is 17.1. The third-order valence-electron chi connectivity index (χ3n) is 4.25. The molecule has 3 rings (SSSR count). The average molecular weight is 415 g/mol. The van der Waals surface area contributed by atoms with Gasteiger partial charge in [0, 0.05) is 6.07 Å².